The minimum atomic E-state index is -1.94. The number of rotatable bonds is 16. The molecule has 5 aromatic rings. The van der Waals surface area contributed by atoms with E-state index in [2.05, 4.69) is 87.5 Å². The second-order valence-corrected chi connectivity index (χ2v) is 18.6. The Balaban J connectivity index is 1.31. The first kappa shape index (κ1) is 52.9. The number of ether oxygens (including phenoxy) is 4. The number of nitrogens with zero attached hydrogens (tertiary/aromatic N) is 2. The molecular formula is C53H70N6O13. The molecule has 8 rings (SSSR count). The molecule has 11 N–H and O–H groups in total. The molecule has 10 atom stereocenters. The van der Waals surface area contributed by atoms with Gasteiger partial charge in [0.05, 0.1) is 29.2 Å². The average molecular weight is 999 g/mol. The lowest BCUT2D eigenvalue weighted by molar-refractivity contribution is -0.387. The minimum Gasteiger partial charge on any atom is -0.455 e. The smallest absolute Gasteiger partial charge is 0.311 e. The van der Waals surface area contributed by atoms with Crippen LogP contribution in [0.4, 0.5) is 11.5 Å². The highest BCUT2D eigenvalue weighted by Gasteiger charge is 2.51. The third-order valence-electron chi connectivity index (χ3n) is 14.7. The van der Waals surface area contributed by atoms with Gasteiger partial charge in [-0.05, 0) is 120 Å². The van der Waals surface area contributed by atoms with Crippen molar-refractivity contribution in [1.82, 2.24) is 19.9 Å². The van der Waals surface area contributed by atoms with E-state index in [1.54, 1.807) is 6.07 Å². The summed E-state index contributed by atoms with van der Waals surface area (Å²) in [4.78, 5) is 33.0. The van der Waals surface area contributed by atoms with Gasteiger partial charge in [0.1, 0.15) is 60.1 Å². The summed E-state index contributed by atoms with van der Waals surface area (Å²) in [6.07, 6.45) is -6.99. The van der Waals surface area contributed by atoms with E-state index in [4.69, 9.17) is 23.9 Å². The quantitative estimate of drug-likeness (QED) is 0.0486. The molecular weight excluding hydrogens is 929 g/mol. The normalized spacial score (nSPS) is 25.2. The summed E-state index contributed by atoms with van der Waals surface area (Å²) in [6, 6.07) is 4.55. The maximum Gasteiger partial charge on any atom is 0.311 e. The van der Waals surface area contributed by atoms with E-state index < -0.39 is 85.2 Å². The van der Waals surface area contributed by atoms with Crippen LogP contribution < -0.4 is 26.3 Å². The van der Waals surface area contributed by atoms with E-state index in [0.717, 1.165) is 103 Å². The molecule has 7 heterocycles. The highest BCUT2D eigenvalue weighted by molar-refractivity contribution is 5.83. The Morgan fingerprint density at radius 2 is 1.17 bits per heavy atom. The van der Waals surface area contributed by atoms with Crippen molar-refractivity contribution in [2.24, 2.45) is 4.99 Å². The predicted octanol–water partition coefficient (Wildman–Crippen LogP) is 1.58. The topological polar surface area (TPSA) is 297 Å². The molecule has 1 aromatic carbocycles. The molecule has 0 unspecified atom stereocenters. The monoisotopic (exact) mass is 999 g/mol. The molecule has 3 aliphatic rings. The Hall–Kier alpha value is -5.45. The van der Waals surface area contributed by atoms with Gasteiger partial charge in [-0.1, -0.05) is 61.5 Å². The number of hydrogen-bond acceptors (Lipinski definition) is 14. The number of aromatic amines is 4. The van der Waals surface area contributed by atoms with Gasteiger partial charge in [-0.25, -0.2) is 4.99 Å². The number of nitro groups is 1. The summed E-state index contributed by atoms with van der Waals surface area (Å²) in [7, 11) is 0. The van der Waals surface area contributed by atoms with E-state index >= 15 is 0 Å². The van der Waals surface area contributed by atoms with Crippen molar-refractivity contribution >= 4 is 29.2 Å². The van der Waals surface area contributed by atoms with Gasteiger partial charge in [0.25, 0.3) is 0 Å². The van der Waals surface area contributed by atoms with Crippen LogP contribution in [0.1, 0.15) is 123 Å². The summed E-state index contributed by atoms with van der Waals surface area (Å²) >= 11 is 0. The number of hydrogen-bond donors (Lipinski definition) is 11. The summed E-state index contributed by atoms with van der Waals surface area (Å²) in [5, 5.41) is 89.9. The van der Waals surface area contributed by atoms with Gasteiger partial charge in [-0.2, -0.15) is 0 Å². The summed E-state index contributed by atoms with van der Waals surface area (Å²) in [5.74, 6) is 0.515. The molecule has 8 bridgehead atoms. The highest BCUT2D eigenvalue weighted by atomic mass is 16.7. The SMILES string of the molecule is CCc1c2[nH]c(c1CC)N=c1[nH]c(c(CC)c1CC)=Cc1[nH]c(c(CC)c1CC)C(c1ccc(O[C@@H]3O[C@H](CO)[C@H](O[C@@H]4O[C@H](CO)[C@H](O)[C@H](O)[C@H]4O)[C@H](O)[C@H]3O)c([N+](=O)[O-])c1)=c1[nH]c(c(CC)c1CC)=C2. The van der Waals surface area contributed by atoms with E-state index in [0.29, 0.717) is 36.8 Å². The summed E-state index contributed by atoms with van der Waals surface area (Å²) in [6.45, 7) is 15.5. The van der Waals surface area contributed by atoms with Crippen molar-refractivity contribution < 1.29 is 59.6 Å². The Labute approximate surface area is 416 Å². The Kier molecular flexibility index (Phi) is 16.1. The van der Waals surface area contributed by atoms with Crippen molar-refractivity contribution in [1.29, 1.82) is 0 Å². The van der Waals surface area contributed by atoms with Gasteiger partial charge < -0.3 is 74.6 Å². The first-order valence-electron chi connectivity index (χ1n) is 25.4. The number of benzene rings is 1. The van der Waals surface area contributed by atoms with Crippen LogP contribution in [0, 0.1) is 10.1 Å². The molecule has 0 aliphatic carbocycles. The van der Waals surface area contributed by atoms with Crippen molar-refractivity contribution in [2.45, 2.75) is 168 Å². The number of fused-ring (bicyclic) bond motifs is 8. The molecule has 0 radical (unpaired) electrons. The zero-order chi connectivity index (χ0) is 51.9. The third-order valence-corrected chi connectivity index (χ3v) is 14.7. The number of aliphatic hydroxyl groups excluding tert-OH is 7. The van der Waals surface area contributed by atoms with E-state index in [-0.39, 0.29) is 5.75 Å². The fourth-order valence-corrected chi connectivity index (χ4v) is 11.1. The molecule has 390 valence electrons. The minimum absolute atomic E-state index is 0.303. The molecule has 0 saturated carbocycles. The zero-order valence-electron chi connectivity index (χ0n) is 42.2. The van der Waals surface area contributed by atoms with Gasteiger partial charge in [0.15, 0.2) is 12.0 Å². The average Bonchev–Trinajstić information content (AvgIpc) is 4.12. The standard InChI is InChI=1S/C53H70N6O13/c1-9-25-29(13-5)42-41(24-17-18-38(37(19-24)59(67)68)69-52-48(66)46(64)49(40(23-61)71-52)72-53-47(65)45(63)44(62)39(22-60)70-53)43-30(14-6)26(10-2)34(55-43)21-36-28(12-4)32(16-8)51(57-36)58-50-31(15-7)27(11-3)35(56-50)20-33(25)54-42/h17-21,39-40,44-49,52-55,60-66H,9-16,22-23H2,1-8H3,(H2,56,57,58)/t39-,40-,44+,45+,46-,47-,48-,49+,52-,53+/m1/s1. The van der Waals surface area contributed by atoms with Gasteiger partial charge in [0.2, 0.25) is 6.29 Å². The Morgan fingerprint density at radius 3 is 1.76 bits per heavy atom. The van der Waals surface area contributed by atoms with Crippen LogP contribution in [0.25, 0.3) is 17.7 Å². The van der Waals surface area contributed by atoms with Crippen molar-refractivity contribution in [3.63, 3.8) is 0 Å². The number of nitrogens with one attached hydrogen (secondary N) is 4. The summed E-state index contributed by atoms with van der Waals surface area (Å²) < 4.78 is 23.1. The lowest BCUT2D eigenvalue weighted by Crippen LogP contribution is -2.65. The molecule has 3 aliphatic heterocycles. The van der Waals surface area contributed by atoms with Crippen molar-refractivity contribution in [2.75, 3.05) is 13.2 Å². The molecule has 0 spiro atoms. The lowest BCUT2D eigenvalue weighted by atomic mass is 9.93. The number of H-pyrrole nitrogens is 4. The van der Waals surface area contributed by atoms with Gasteiger partial charge >= 0.3 is 5.69 Å². The van der Waals surface area contributed by atoms with Crippen molar-refractivity contribution in [3.8, 4) is 5.75 Å². The van der Waals surface area contributed by atoms with Crippen LogP contribution in [0.5, 0.6) is 5.75 Å². The number of nitro benzene ring substituents is 1. The molecule has 19 heteroatoms. The maximum atomic E-state index is 13.2. The van der Waals surface area contributed by atoms with Gasteiger partial charge in [-0.15, -0.1) is 0 Å². The fourth-order valence-electron chi connectivity index (χ4n) is 11.1. The number of aliphatic hydroxyl groups is 7. The van der Waals surface area contributed by atoms with Crippen LogP contribution in [-0.4, -0.2) is 135 Å². The molecule has 0 amide bonds. The highest BCUT2D eigenvalue weighted by Crippen LogP contribution is 2.38. The first-order chi connectivity index (χ1) is 34.6. The third kappa shape index (κ3) is 9.29. The zero-order valence-corrected chi connectivity index (χ0v) is 42.2. The van der Waals surface area contributed by atoms with Gasteiger partial charge in [0, 0.05) is 33.7 Å². The lowest BCUT2D eigenvalue weighted by Gasteiger charge is -2.45. The predicted molar refractivity (Wildman–Crippen MR) is 267 cm³/mol. The van der Waals surface area contributed by atoms with E-state index in [9.17, 15) is 45.9 Å². The molecule has 4 aromatic heterocycles. The maximum absolute atomic E-state index is 13.2. The molecule has 19 nitrogen and oxygen atoms in total. The molecule has 72 heavy (non-hydrogen) atoms. The largest absolute Gasteiger partial charge is 0.455 e. The van der Waals surface area contributed by atoms with E-state index in [1.165, 1.54) is 23.3 Å². The van der Waals surface area contributed by atoms with E-state index in [1.807, 2.05) is 0 Å². The molecule has 2 saturated heterocycles. The molecule has 2 fully saturated rings. The number of aromatic nitrogens is 4. The van der Waals surface area contributed by atoms with Crippen LogP contribution >= 0.6 is 0 Å². The second-order valence-electron chi connectivity index (χ2n) is 18.6. The Bertz CT molecular complexity index is 3040. The fraction of sp³-hybridized carbons (Fsp3) is 0.528. The van der Waals surface area contributed by atoms with Crippen LogP contribution in [0.3, 0.4) is 0 Å². The first-order valence-corrected chi connectivity index (χ1v) is 25.4. The van der Waals surface area contributed by atoms with Crippen LogP contribution in [0.2, 0.25) is 0 Å². The summed E-state index contributed by atoms with van der Waals surface area (Å²) in [5.41, 5.74) is 13.2. The Morgan fingerprint density at radius 1 is 0.611 bits per heavy atom. The van der Waals surface area contributed by atoms with Crippen LogP contribution in [-0.2, 0) is 65.6 Å². The van der Waals surface area contributed by atoms with Gasteiger partial charge in [-0.3, -0.25) is 10.1 Å². The van der Waals surface area contributed by atoms with Crippen LogP contribution in [0.15, 0.2) is 23.2 Å². The second kappa shape index (κ2) is 21.9. The van der Waals surface area contributed by atoms with Crippen molar-refractivity contribution in [3.05, 3.63) is 117 Å².